The van der Waals surface area contributed by atoms with Gasteiger partial charge in [0.15, 0.2) is 0 Å². The van der Waals surface area contributed by atoms with Gasteiger partial charge in [0.05, 0.1) is 30.7 Å². The number of ether oxygens (including phenoxy) is 2. The summed E-state index contributed by atoms with van der Waals surface area (Å²) >= 11 is 1.07. The minimum Gasteiger partial charge on any atom is -0.508 e. The van der Waals surface area contributed by atoms with Crippen LogP contribution in [0.3, 0.4) is 0 Å². The largest absolute Gasteiger partial charge is 0.508 e. The van der Waals surface area contributed by atoms with Crippen molar-refractivity contribution in [2.24, 2.45) is 5.10 Å². The van der Waals surface area contributed by atoms with Crippen LogP contribution in [-0.4, -0.2) is 30.2 Å². The van der Waals surface area contributed by atoms with Gasteiger partial charge in [-0.1, -0.05) is 11.3 Å². The average molecular weight is 330 g/mol. The van der Waals surface area contributed by atoms with Crippen LogP contribution < -0.4 is 14.3 Å². The maximum Gasteiger partial charge on any atom is 0.328 e. The van der Waals surface area contributed by atoms with Gasteiger partial charge in [-0.3, -0.25) is 4.79 Å². The number of benzene rings is 2. The van der Waals surface area contributed by atoms with Crippen LogP contribution in [0, 0.1) is 0 Å². The van der Waals surface area contributed by atoms with Crippen molar-refractivity contribution >= 4 is 27.8 Å². The molecule has 1 N–H and O–H groups in total. The van der Waals surface area contributed by atoms with Gasteiger partial charge < -0.3 is 14.6 Å². The summed E-state index contributed by atoms with van der Waals surface area (Å²) in [5, 5.41) is 13.8. The Morgan fingerprint density at radius 3 is 2.74 bits per heavy atom. The van der Waals surface area contributed by atoms with E-state index in [1.165, 1.54) is 23.0 Å². The summed E-state index contributed by atoms with van der Waals surface area (Å²) < 4.78 is 12.5. The summed E-state index contributed by atoms with van der Waals surface area (Å²) in [4.78, 5) is 11.8. The summed E-state index contributed by atoms with van der Waals surface area (Å²) in [6, 6.07) is 10.0. The topological polar surface area (TPSA) is 73.0 Å². The van der Waals surface area contributed by atoms with Gasteiger partial charge in [0.2, 0.25) is 0 Å². The molecule has 0 spiro atoms. The van der Waals surface area contributed by atoms with Crippen molar-refractivity contribution in [1.29, 1.82) is 0 Å². The zero-order valence-corrected chi connectivity index (χ0v) is 13.3. The van der Waals surface area contributed by atoms with Gasteiger partial charge >= 0.3 is 4.87 Å². The molecule has 0 aliphatic heterocycles. The maximum atomic E-state index is 12.1. The third kappa shape index (κ3) is 2.91. The van der Waals surface area contributed by atoms with Crippen molar-refractivity contribution in [2.45, 2.75) is 0 Å². The summed E-state index contributed by atoms with van der Waals surface area (Å²) in [6.07, 6.45) is 1.53. The van der Waals surface area contributed by atoms with Gasteiger partial charge in [-0.25, -0.2) is 0 Å². The van der Waals surface area contributed by atoms with Crippen LogP contribution in [-0.2, 0) is 0 Å². The quantitative estimate of drug-likeness (QED) is 0.747. The Morgan fingerprint density at radius 2 is 2.00 bits per heavy atom. The number of rotatable bonds is 4. The minimum absolute atomic E-state index is 0.0817. The van der Waals surface area contributed by atoms with Crippen LogP contribution in [0.1, 0.15) is 5.56 Å². The van der Waals surface area contributed by atoms with Crippen molar-refractivity contribution < 1.29 is 14.6 Å². The van der Waals surface area contributed by atoms with Crippen LogP contribution in [0.4, 0.5) is 0 Å². The van der Waals surface area contributed by atoms with Crippen molar-refractivity contribution in [1.82, 2.24) is 4.68 Å². The molecule has 3 aromatic rings. The molecular weight excluding hydrogens is 316 g/mol. The Labute approximate surface area is 135 Å². The third-order valence-corrected chi connectivity index (χ3v) is 4.20. The Hall–Kier alpha value is -2.80. The molecule has 0 unspecified atom stereocenters. The highest BCUT2D eigenvalue weighted by atomic mass is 32.1. The molecule has 0 saturated heterocycles. The Morgan fingerprint density at radius 1 is 1.17 bits per heavy atom. The van der Waals surface area contributed by atoms with Crippen molar-refractivity contribution in [3.8, 4) is 17.2 Å². The number of phenolic OH excluding ortho intramolecular Hbond substituents is 1. The molecule has 0 radical (unpaired) electrons. The van der Waals surface area contributed by atoms with Crippen LogP contribution in [0.15, 0.2) is 46.3 Å². The second kappa shape index (κ2) is 6.13. The van der Waals surface area contributed by atoms with E-state index in [1.807, 2.05) is 0 Å². The molecule has 1 heterocycles. The van der Waals surface area contributed by atoms with Crippen LogP contribution in [0.5, 0.6) is 17.2 Å². The van der Waals surface area contributed by atoms with Crippen molar-refractivity contribution in [3.63, 3.8) is 0 Å². The zero-order chi connectivity index (χ0) is 16.4. The molecule has 0 atom stereocenters. The minimum atomic E-state index is -0.233. The molecule has 0 bridgehead atoms. The van der Waals surface area contributed by atoms with E-state index >= 15 is 0 Å². The molecule has 3 rings (SSSR count). The highest BCUT2D eigenvalue weighted by molar-refractivity contribution is 7.16. The molecule has 118 valence electrons. The van der Waals surface area contributed by atoms with Gasteiger partial charge in [0.25, 0.3) is 0 Å². The summed E-state index contributed by atoms with van der Waals surface area (Å²) in [5.41, 5.74) is 1.23. The highest BCUT2D eigenvalue weighted by Crippen LogP contribution is 2.24. The number of aromatic hydroxyl groups is 1. The molecular formula is C16H14N2O4S. The fourth-order valence-electron chi connectivity index (χ4n) is 2.16. The average Bonchev–Trinajstić information content (AvgIpc) is 2.87. The van der Waals surface area contributed by atoms with E-state index in [0.717, 1.165) is 16.0 Å². The van der Waals surface area contributed by atoms with Gasteiger partial charge in [0, 0.05) is 11.6 Å². The normalized spacial score (nSPS) is 11.2. The lowest BCUT2D eigenvalue weighted by atomic mass is 10.2. The summed E-state index contributed by atoms with van der Waals surface area (Å²) in [7, 11) is 3.13. The number of thiazole rings is 1. The highest BCUT2D eigenvalue weighted by Gasteiger charge is 2.08. The van der Waals surface area contributed by atoms with Gasteiger partial charge in [-0.05, 0) is 30.3 Å². The van der Waals surface area contributed by atoms with E-state index in [0.29, 0.717) is 22.6 Å². The van der Waals surface area contributed by atoms with E-state index in [2.05, 4.69) is 5.10 Å². The molecule has 1 aromatic heterocycles. The lowest BCUT2D eigenvalue weighted by molar-refractivity contribution is 0.402. The van der Waals surface area contributed by atoms with E-state index in [-0.39, 0.29) is 10.6 Å². The Bertz CT molecular complexity index is 943. The molecule has 0 aliphatic rings. The van der Waals surface area contributed by atoms with Crippen LogP contribution in [0.25, 0.3) is 10.2 Å². The van der Waals surface area contributed by atoms with Crippen molar-refractivity contribution in [3.05, 3.63) is 51.6 Å². The second-order valence-corrected chi connectivity index (χ2v) is 5.68. The lowest BCUT2D eigenvalue weighted by Gasteiger charge is -2.06. The number of fused-ring (bicyclic) bond motifs is 1. The first kappa shape index (κ1) is 15.1. The fourth-order valence-corrected chi connectivity index (χ4v) is 2.97. The predicted octanol–water partition coefficient (Wildman–Crippen LogP) is 2.67. The molecule has 2 aromatic carbocycles. The maximum absolute atomic E-state index is 12.1. The molecule has 0 fully saturated rings. The summed E-state index contributed by atoms with van der Waals surface area (Å²) in [6.45, 7) is 0. The van der Waals surface area contributed by atoms with E-state index < -0.39 is 0 Å². The number of aromatic nitrogens is 1. The number of nitrogens with zero attached hydrogens (tertiary/aromatic N) is 2. The fraction of sp³-hybridized carbons (Fsp3) is 0.125. The summed E-state index contributed by atoms with van der Waals surface area (Å²) in [5.74, 6) is 1.36. The number of methoxy groups -OCH3 is 2. The van der Waals surface area contributed by atoms with Crippen molar-refractivity contribution in [2.75, 3.05) is 14.2 Å². The smallest absolute Gasteiger partial charge is 0.328 e. The number of hydrogen-bond donors (Lipinski definition) is 1. The number of hydrogen-bond acceptors (Lipinski definition) is 6. The monoisotopic (exact) mass is 330 g/mol. The van der Waals surface area contributed by atoms with E-state index in [4.69, 9.17) is 9.47 Å². The van der Waals surface area contributed by atoms with Crippen LogP contribution >= 0.6 is 11.3 Å². The van der Waals surface area contributed by atoms with Crippen LogP contribution in [0.2, 0.25) is 0 Å². The van der Waals surface area contributed by atoms with E-state index in [9.17, 15) is 9.90 Å². The molecule has 0 amide bonds. The Kier molecular flexibility index (Phi) is 4.03. The second-order valence-electron chi connectivity index (χ2n) is 4.68. The lowest BCUT2D eigenvalue weighted by Crippen LogP contribution is -2.07. The van der Waals surface area contributed by atoms with E-state index in [1.54, 1.807) is 38.5 Å². The third-order valence-electron chi connectivity index (χ3n) is 3.29. The molecule has 0 aliphatic carbocycles. The first-order chi connectivity index (χ1) is 11.1. The van der Waals surface area contributed by atoms with Gasteiger partial charge in [0.1, 0.15) is 17.2 Å². The van der Waals surface area contributed by atoms with Gasteiger partial charge in [-0.2, -0.15) is 9.78 Å². The molecule has 6 nitrogen and oxygen atoms in total. The predicted molar refractivity (Wildman–Crippen MR) is 90.3 cm³/mol. The molecule has 23 heavy (non-hydrogen) atoms. The molecule has 0 saturated carbocycles. The van der Waals surface area contributed by atoms with Gasteiger partial charge in [-0.15, -0.1) is 0 Å². The molecule has 7 heteroatoms. The first-order valence-corrected chi connectivity index (χ1v) is 7.55. The SMILES string of the molecule is COc1ccc(OC)c(/C=N/n2c(=O)sc3ccc(O)cc32)c1. The standard InChI is InChI=1S/C16H14N2O4S/c1-21-12-4-5-14(22-2)10(7-12)9-17-18-13-8-11(19)3-6-15(13)23-16(18)20/h3-9,19H,1-2H3/b17-9+. The zero-order valence-electron chi connectivity index (χ0n) is 12.5. The number of phenols is 1. The Balaban J connectivity index is 2.08. The first-order valence-electron chi connectivity index (χ1n) is 6.73.